The van der Waals surface area contributed by atoms with Gasteiger partial charge in [0.2, 0.25) is 5.78 Å². The maximum absolute atomic E-state index is 12.2. The molecule has 1 aromatic heterocycles. The van der Waals surface area contributed by atoms with E-state index < -0.39 is 0 Å². The average molecular weight is 300 g/mol. The molecule has 0 amide bonds. The lowest BCUT2D eigenvalue weighted by Gasteiger charge is -2.36. The Bertz CT molecular complexity index is 394. The second-order valence-electron chi connectivity index (χ2n) is 4.79. The van der Waals surface area contributed by atoms with Gasteiger partial charge in [-0.25, -0.2) is 0 Å². The Labute approximate surface area is 110 Å². The monoisotopic (exact) mass is 299 g/mol. The molecule has 3 nitrogen and oxygen atoms in total. The van der Waals surface area contributed by atoms with Crippen molar-refractivity contribution in [3.05, 3.63) is 22.6 Å². The molecule has 0 aromatic carbocycles. The fraction of sp³-hybridized carbons (Fsp3) is 0.615. The van der Waals surface area contributed by atoms with Gasteiger partial charge in [0.25, 0.3) is 0 Å². The Kier molecular flexibility index (Phi) is 4.05. The van der Waals surface area contributed by atoms with Crippen LogP contribution in [-0.4, -0.2) is 18.4 Å². The molecule has 0 bridgehead atoms. The Morgan fingerprint density at radius 3 is 2.71 bits per heavy atom. The fourth-order valence-electron chi connectivity index (χ4n) is 2.62. The van der Waals surface area contributed by atoms with E-state index in [1.807, 2.05) is 7.05 Å². The molecule has 1 aliphatic carbocycles. The van der Waals surface area contributed by atoms with Gasteiger partial charge in [0.15, 0.2) is 5.76 Å². The lowest BCUT2D eigenvalue weighted by molar-refractivity contribution is 0.0886. The summed E-state index contributed by atoms with van der Waals surface area (Å²) in [5.74, 6) is 0.531. The van der Waals surface area contributed by atoms with Crippen molar-refractivity contribution in [3.8, 4) is 0 Å². The van der Waals surface area contributed by atoms with Crippen molar-refractivity contribution >= 4 is 21.7 Å². The third-order valence-corrected chi connectivity index (χ3v) is 4.33. The first kappa shape index (κ1) is 12.8. The van der Waals surface area contributed by atoms with Crippen molar-refractivity contribution in [2.24, 2.45) is 0 Å². The number of rotatable bonds is 4. The van der Waals surface area contributed by atoms with Crippen molar-refractivity contribution in [2.45, 2.75) is 44.1 Å². The molecular formula is C13H18BrNO2. The van der Waals surface area contributed by atoms with Gasteiger partial charge in [-0.1, -0.05) is 19.3 Å². The van der Waals surface area contributed by atoms with Gasteiger partial charge in [-0.15, -0.1) is 0 Å². The van der Waals surface area contributed by atoms with Crippen LogP contribution < -0.4 is 5.32 Å². The number of nitrogens with one attached hydrogen (secondary N) is 1. The van der Waals surface area contributed by atoms with Gasteiger partial charge in [-0.2, -0.15) is 0 Å². The summed E-state index contributed by atoms with van der Waals surface area (Å²) < 4.78 is 5.99. The van der Waals surface area contributed by atoms with Gasteiger partial charge in [0.1, 0.15) is 0 Å². The zero-order chi connectivity index (χ0) is 12.3. The molecule has 0 radical (unpaired) electrons. The normalized spacial score (nSPS) is 19.2. The number of ketones is 1. The number of Topliss-reactive ketones (excluding diaryl/α,β-unsaturated/α-hetero) is 1. The highest BCUT2D eigenvalue weighted by Gasteiger charge is 2.34. The van der Waals surface area contributed by atoms with Crippen LogP contribution in [0.1, 0.15) is 49.1 Å². The molecule has 94 valence electrons. The number of furan rings is 1. The summed E-state index contributed by atoms with van der Waals surface area (Å²) >= 11 is 3.34. The summed E-state index contributed by atoms with van der Waals surface area (Å²) in [4.78, 5) is 12.2. The van der Waals surface area contributed by atoms with Crippen LogP contribution in [0.15, 0.2) is 21.2 Å². The van der Waals surface area contributed by atoms with Crippen molar-refractivity contribution in [3.63, 3.8) is 0 Å². The Balaban J connectivity index is 2.08. The van der Waals surface area contributed by atoms with Crippen LogP contribution in [0.3, 0.4) is 0 Å². The van der Waals surface area contributed by atoms with Crippen LogP contribution in [0.2, 0.25) is 0 Å². The zero-order valence-corrected chi connectivity index (χ0v) is 11.7. The molecular weight excluding hydrogens is 282 g/mol. The maximum Gasteiger partial charge on any atom is 0.201 e. The third kappa shape index (κ3) is 2.80. The maximum atomic E-state index is 12.2. The summed E-state index contributed by atoms with van der Waals surface area (Å²) in [5.41, 5.74) is -0.0262. The third-order valence-electron chi connectivity index (χ3n) is 3.71. The minimum Gasteiger partial charge on any atom is -0.460 e. The highest BCUT2D eigenvalue weighted by atomic mass is 79.9. The molecule has 1 N–H and O–H groups in total. The SMILES string of the molecule is CNC1(CC(=O)c2occc2Br)CCCCC1. The molecule has 1 aliphatic rings. The van der Waals surface area contributed by atoms with Crippen molar-refractivity contribution in [1.29, 1.82) is 0 Å². The predicted octanol–water partition coefficient (Wildman–Crippen LogP) is 3.54. The largest absolute Gasteiger partial charge is 0.460 e. The molecule has 0 unspecified atom stereocenters. The summed E-state index contributed by atoms with van der Waals surface area (Å²) in [6.45, 7) is 0. The van der Waals surface area contributed by atoms with Crippen LogP contribution in [-0.2, 0) is 0 Å². The minimum atomic E-state index is -0.0262. The number of halogens is 1. The van der Waals surface area contributed by atoms with E-state index in [-0.39, 0.29) is 11.3 Å². The lowest BCUT2D eigenvalue weighted by Crippen LogP contribution is -2.46. The highest BCUT2D eigenvalue weighted by molar-refractivity contribution is 9.10. The summed E-state index contributed by atoms with van der Waals surface area (Å²) in [6.07, 6.45) is 7.91. The Morgan fingerprint density at radius 2 is 2.18 bits per heavy atom. The van der Waals surface area contributed by atoms with Gasteiger partial charge in [-0.3, -0.25) is 4.79 Å². The van der Waals surface area contributed by atoms with Crippen molar-refractivity contribution in [1.82, 2.24) is 5.32 Å². The summed E-state index contributed by atoms with van der Waals surface area (Å²) in [6, 6.07) is 1.76. The molecule has 0 atom stereocenters. The van der Waals surface area contributed by atoms with Crippen molar-refractivity contribution < 1.29 is 9.21 Å². The van der Waals surface area contributed by atoms with E-state index in [1.165, 1.54) is 19.3 Å². The van der Waals surface area contributed by atoms with Crippen LogP contribution in [0, 0.1) is 0 Å². The average Bonchev–Trinajstić information content (AvgIpc) is 2.77. The molecule has 2 rings (SSSR count). The van der Waals surface area contributed by atoms with Gasteiger partial charge < -0.3 is 9.73 Å². The van der Waals surface area contributed by atoms with E-state index in [0.717, 1.165) is 17.3 Å². The number of carbonyl (C=O) groups excluding carboxylic acids is 1. The van der Waals surface area contributed by atoms with Crippen LogP contribution in [0.4, 0.5) is 0 Å². The second kappa shape index (κ2) is 5.36. The van der Waals surface area contributed by atoms with E-state index in [0.29, 0.717) is 12.2 Å². The Hall–Kier alpha value is -0.610. The molecule has 1 aromatic rings. The fourth-order valence-corrected chi connectivity index (χ4v) is 3.05. The number of hydrogen-bond acceptors (Lipinski definition) is 3. The molecule has 0 aliphatic heterocycles. The molecule has 17 heavy (non-hydrogen) atoms. The number of hydrogen-bond donors (Lipinski definition) is 1. The molecule has 4 heteroatoms. The van der Waals surface area contributed by atoms with E-state index >= 15 is 0 Å². The van der Waals surface area contributed by atoms with E-state index in [9.17, 15) is 4.79 Å². The first-order valence-corrected chi connectivity index (χ1v) is 6.91. The van der Waals surface area contributed by atoms with Crippen LogP contribution in [0.5, 0.6) is 0 Å². The van der Waals surface area contributed by atoms with Gasteiger partial charge in [0.05, 0.1) is 10.7 Å². The molecule has 1 fully saturated rings. The summed E-state index contributed by atoms with van der Waals surface area (Å²) in [5, 5.41) is 3.35. The summed E-state index contributed by atoms with van der Waals surface area (Å²) in [7, 11) is 1.95. The molecule has 1 saturated carbocycles. The topological polar surface area (TPSA) is 42.2 Å². The Morgan fingerprint density at radius 1 is 1.47 bits per heavy atom. The molecule has 0 saturated heterocycles. The van der Waals surface area contributed by atoms with Gasteiger partial charge in [-0.05, 0) is 41.9 Å². The molecule has 0 spiro atoms. The van der Waals surface area contributed by atoms with Gasteiger partial charge in [0, 0.05) is 12.0 Å². The first-order valence-electron chi connectivity index (χ1n) is 6.12. The molecule has 1 heterocycles. The number of carbonyl (C=O) groups is 1. The van der Waals surface area contributed by atoms with Crippen LogP contribution >= 0.6 is 15.9 Å². The minimum absolute atomic E-state index is 0.0262. The van der Waals surface area contributed by atoms with Crippen molar-refractivity contribution in [2.75, 3.05) is 7.05 Å². The second-order valence-corrected chi connectivity index (χ2v) is 5.64. The smallest absolute Gasteiger partial charge is 0.201 e. The first-order chi connectivity index (χ1) is 8.17. The van der Waals surface area contributed by atoms with Crippen LogP contribution in [0.25, 0.3) is 0 Å². The lowest BCUT2D eigenvalue weighted by atomic mass is 9.78. The van der Waals surface area contributed by atoms with E-state index in [1.54, 1.807) is 12.3 Å². The zero-order valence-electron chi connectivity index (χ0n) is 10.1. The van der Waals surface area contributed by atoms with Gasteiger partial charge >= 0.3 is 0 Å². The quantitative estimate of drug-likeness (QED) is 0.865. The van der Waals surface area contributed by atoms with E-state index in [2.05, 4.69) is 21.2 Å². The predicted molar refractivity (Wildman–Crippen MR) is 70.2 cm³/mol. The highest BCUT2D eigenvalue weighted by Crippen LogP contribution is 2.32. The standard InChI is InChI=1S/C13H18BrNO2/c1-15-13(6-3-2-4-7-13)9-11(16)12-10(14)5-8-17-12/h5,8,15H,2-4,6-7,9H2,1H3. The van der Waals surface area contributed by atoms with E-state index in [4.69, 9.17) is 4.42 Å².